The van der Waals surface area contributed by atoms with Gasteiger partial charge in [-0.15, -0.1) is 0 Å². The summed E-state index contributed by atoms with van der Waals surface area (Å²) < 4.78 is 5.49. The molecule has 0 spiro atoms. The normalized spacial score (nSPS) is 32.2. The third kappa shape index (κ3) is 3.48. The molecule has 1 aliphatic carbocycles. The van der Waals surface area contributed by atoms with E-state index in [1.54, 1.807) is 0 Å². The molecule has 0 radical (unpaired) electrons. The number of carboxylic acids is 1. The number of carbonyl (C=O) groups excluding carboxylic acids is 1. The van der Waals surface area contributed by atoms with Gasteiger partial charge in [0.15, 0.2) is 0 Å². The number of carboxylic acid groups (broad SMARTS) is 1. The van der Waals surface area contributed by atoms with Gasteiger partial charge in [0.05, 0.1) is 11.6 Å². The van der Waals surface area contributed by atoms with Crippen LogP contribution in [0.4, 0.5) is 4.79 Å². The fourth-order valence-electron chi connectivity index (χ4n) is 3.23. The smallest absolute Gasteiger partial charge is 0.329 e. The van der Waals surface area contributed by atoms with Crippen molar-refractivity contribution < 1.29 is 19.4 Å². The monoisotopic (exact) mass is 298 g/mol. The van der Waals surface area contributed by atoms with Crippen LogP contribution >= 0.6 is 0 Å². The summed E-state index contributed by atoms with van der Waals surface area (Å²) in [7, 11) is 0. The maximum absolute atomic E-state index is 12.3. The third-order valence-electron chi connectivity index (χ3n) is 5.00. The van der Waals surface area contributed by atoms with Crippen LogP contribution in [0.3, 0.4) is 0 Å². The Kier molecular flexibility index (Phi) is 4.76. The molecule has 0 aromatic rings. The first-order chi connectivity index (χ1) is 9.88. The van der Waals surface area contributed by atoms with Crippen LogP contribution < -0.4 is 10.6 Å². The van der Waals surface area contributed by atoms with Crippen molar-refractivity contribution in [1.29, 1.82) is 0 Å². The van der Waals surface area contributed by atoms with Crippen molar-refractivity contribution in [2.24, 2.45) is 0 Å². The van der Waals surface area contributed by atoms with Gasteiger partial charge in [0, 0.05) is 6.61 Å². The second-order valence-corrected chi connectivity index (χ2v) is 6.56. The molecular weight excluding hydrogens is 272 g/mol. The van der Waals surface area contributed by atoms with Crippen LogP contribution in [0.1, 0.15) is 58.8 Å². The lowest BCUT2D eigenvalue weighted by Crippen LogP contribution is -2.61. The van der Waals surface area contributed by atoms with Crippen molar-refractivity contribution in [2.75, 3.05) is 6.61 Å². The lowest BCUT2D eigenvalue weighted by atomic mass is 9.90. The summed E-state index contributed by atoms with van der Waals surface area (Å²) in [6.07, 6.45) is 5.39. The van der Waals surface area contributed by atoms with E-state index in [9.17, 15) is 14.7 Å². The lowest BCUT2D eigenvalue weighted by Gasteiger charge is -2.33. The molecule has 2 atom stereocenters. The third-order valence-corrected chi connectivity index (χ3v) is 5.00. The highest BCUT2D eigenvalue weighted by atomic mass is 16.5. The summed E-state index contributed by atoms with van der Waals surface area (Å²) >= 11 is 0. The number of rotatable bonds is 3. The van der Waals surface area contributed by atoms with Gasteiger partial charge in [-0.1, -0.05) is 25.7 Å². The minimum Gasteiger partial charge on any atom is -0.480 e. The predicted octanol–water partition coefficient (Wildman–Crippen LogP) is 2.03. The molecular formula is C15H26N2O4. The Balaban J connectivity index is 2.03. The number of urea groups is 1. The highest BCUT2D eigenvalue weighted by molar-refractivity contribution is 5.86. The van der Waals surface area contributed by atoms with Crippen LogP contribution in [-0.4, -0.2) is 40.9 Å². The van der Waals surface area contributed by atoms with E-state index in [1.165, 1.54) is 0 Å². The van der Waals surface area contributed by atoms with Gasteiger partial charge in [0.25, 0.3) is 0 Å². The Labute approximate surface area is 125 Å². The van der Waals surface area contributed by atoms with E-state index in [2.05, 4.69) is 10.6 Å². The molecule has 1 saturated heterocycles. The van der Waals surface area contributed by atoms with Gasteiger partial charge >= 0.3 is 12.0 Å². The topological polar surface area (TPSA) is 87.7 Å². The summed E-state index contributed by atoms with van der Waals surface area (Å²) in [5.41, 5.74) is -1.56. The van der Waals surface area contributed by atoms with Gasteiger partial charge in [0.2, 0.25) is 0 Å². The summed E-state index contributed by atoms with van der Waals surface area (Å²) in [4.78, 5) is 24.0. The Morgan fingerprint density at radius 1 is 1.10 bits per heavy atom. The zero-order chi connectivity index (χ0) is 15.5. The van der Waals surface area contributed by atoms with E-state index in [4.69, 9.17) is 4.74 Å². The molecule has 0 bridgehead atoms. The number of ether oxygens (including phenoxy) is 1. The van der Waals surface area contributed by atoms with Crippen molar-refractivity contribution in [1.82, 2.24) is 10.6 Å². The Morgan fingerprint density at radius 3 is 2.19 bits per heavy atom. The predicted molar refractivity (Wildman–Crippen MR) is 78.2 cm³/mol. The quantitative estimate of drug-likeness (QED) is 0.696. The number of carbonyl (C=O) groups is 2. The second-order valence-electron chi connectivity index (χ2n) is 6.56. The zero-order valence-corrected chi connectivity index (χ0v) is 12.9. The average molecular weight is 298 g/mol. The standard InChI is InChI=1S/C15H26N2O4/c1-11-14(2,9-10-21-11)16-13(20)17-15(12(18)19)7-5-3-4-6-8-15/h11H,3-10H2,1-2H3,(H,18,19)(H2,16,17,20). The van der Waals surface area contributed by atoms with Crippen molar-refractivity contribution in [3.63, 3.8) is 0 Å². The SMILES string of the molecule is CC1OCCC1(C)NC(=O)NC1(C(=O)O)CCCCCC1. The minimum atomic E-state index is -1.13. The summed E-state index contributed by atoms with van der Waals surface area (Å²) in [6, 6.07) is -0.404. The molecule has 2 amide bonds. The number of nitrogens with one attached hydrogen (secondary N) is 2. The number of hydrogen-bond acceptors (Lipinski definition) is 3. The maximum atomic E-state index is 12.3. The molecule has 6 heteroatoms. The van der Waals surface area contributed by atoms with Gasteiger partial charge in [-0.05, 0) is 33.1 Å². The van der Waals surface area contributed by atoms with E-state index in [1.807, 2.05) is 13.8 Å². The molecule has 2 fully saturated rings. The summed E-state index contributed by atoms with van der Waals surface area (Å²) in [6.45, 7) is 4.47. The zero-order valence-electron chi connectivity index (χ0n) is 12.9. The highest BCUT2D eigenvalue weighted by Crippen LogP contribution is 2.28. The molecule has 2 unspecified atom stereocenters. The van der Waals surface area contributed by atoms with Crippen molar-refractivity contribution in [3.8, 4) is 0 Å². The first kappa shape index (κ1) is 16.1. The van der Waals surface area contributed by atoms with Gasteiger partial charge < -0.3 is 20.5 Å². The molecule has 1 saturated carbocycles. The highest BCUT2D eigenvalue weighted by Gasteiger charge is 2.43. The van der Waals surface area contributed by atoms with E-state index < -0.39 is 23.1 Å². The van der Waals surface area contributed by atoms with E-state index in [0.29, 0.717) is 19.4 Å². The first-order valence-corrected chi connectivity index (χ1v) is 7.83. The fourth-order valence-corrected chi connectivity index (χ4v) is 3.23. The van der Waals surface area contributed by atoms with Gasteiger partial charge in [-0.2, -0.15) is 0 Å². The summed E-state index contributed by atoms with van der Waals surface area (Å²) in [5, 5.41) is 15.2. The van der Waals surface area contributed by atoms with E-state index in [0.717, 1.165) is 32.1 Å². The molecule has 0 aromatic heterocycles. The molecule has 3 N–H and O–H groups in total. The number of amides is 2. The molecule has 1 aliphatic heterocycles. The Morgan fingerprint density at radius 2 is 1.71 bits per heavy atom. The van der Waals surface area contributed by atoms with Crippen LogP contribution in [0.25, 0.3) is 0 Å². The van der Waals surface area contributed by atoms with Crippen molar-refractivity contribution >= 4 is 12.0 Å². The van der Waals surface area contributed by atoms with Crippen LogP contribution in [0, 0.1) is 0 Å². The number of aliphatic carboxylic acids is 1. The molecule has 1 heterocycles. The molecule has 6 nitrogen and oxygen atoms in total. The van der Waals surface area contributed by atoms with E-state index >= 15 is 0 Å². The van der Waals surface area contributed by atoms with Crippen LogP contribution in [0.15, 0.2) is 0 Å². The Hall–Kier alpha value is -1.30. The summed E-state index contributed by atoms with van der Waals surface area (Å²) in [5.74, 6) is -0.930. The molecule has 21 heavy (non-hydrogen) atoms. The Bertz CT molecular complexity index is 404. The van der Waals surface area contributed by atoms with Crippen molar-refractivity contribution in [3.05, 3.63) is 0 Å². The first-order valence-electron chi connectivity index (χ1n) is 7.83. The fraction of sp³-hybridized carbons (Fsp3) is 0.867. The number of hydrogen-bond donors (Lipinski definition) is 3. The van der Waals surface area contributed by atoms with Crippen LogP contribution in [0.2, 0.25) is 0 Å². The van der Waals surface area contributed by atoms with Gasteiger partial charge in [0.1, 0.15) is 5.54 Å². The molecule has 2 aliphatic rings. The van der Waals surface area contributed by atoms with E-state index in [-0.39, 0.29) is 6.10 Å². The van der Waals surface area contributed by atoms with Crippen molar-refractivity contribution in [2.45, 2.75) is 76.0 Å². The lowest BCUT2D eigenvalue weighted by molar-refractivity contribution is -0.145. The minimum absolute atomic E-state index is 0.0711. The maximum Gasteiger partial charge on any atom is 0.329 e. The molecule has 2 rings (SSSR count). The molecule has 120 valence electrons. The van der Waals surface area contributed by atoms with Gasteiger partial charge in [-0.3, -0.25) is 0 Å². The molecule has 0 aromatic carbocycles. The van der Waals surface area contributed by atoms with Gasteiger partial charge in [-0.25, -0.2) is 9.59 Å². The largest absolute Gasteiger partial charge is 0.480 e. The average Bonchev–Trinajstić information content (AvgIpc) is 2.63. The second kappa shape index (κ2) is 6.22. The van der Waals surface area contributed by atoms with Crippen LogP contribution in [-0.2, 0) is 9.53 Å². The van der Waals surface area contributed by atoms with Crippen LogP contribution in [0.5, 0.6) is 0 Å².